The van der Waals surface area contributed by atoms with Crippen molar-refractivity contribution in [2.45, 2.75) is 40.5 Å². The van der Waals surface area contributed by atoms with Crippen molar-refractivity contribution in [3.8, 4) is 0 Å². The van der Waals surface area contributed by atoms with Crippen LogP contribution in [-0.4, -0.2) is 22.0 Å². The fraction of sp³-hybridized carbons (Fsp3) is 0.350. The van der Waals surface area contributed by atoms with Crippen LogP contribution in [0.2, 0.25) is 0 Å². The Balaban J connectivity index is 1.82. The summed E-state index contributed by atoms with van der Waals surface area (Å²) in [6.45, 7) is 8.08. The zero-order valence-corrected chi connectivity index (χ0v) is 15.8. The summed E-state index contributed by atoms with van der Waals surface area (Å²) in [5.41, 5.74) is 1.87. The molecule has 0 saturated carbocycles. The maximum atomic E-state index is 12.4. The molecule has 0 radical (unpaired) electrons. The number of fused-ring (bicyclic) bond motifs is 1. The highest BCUT2D eigenvalue weighted by atomic mass is 16.4. The summed E-state index contributed by atoms with van der Waals surface area (Å²) < 4.78 is 11.1. The second kappa shape index (κ2) is 6.90. The van der Waals surface area contributed by atoms with Crippen LogP contribution < -0.4 is 5.32 Å². The summed E-state index contributed by atoms with van der Waals surface area (Å²) in [7, 11) is 0. The van der Waals surface area contributed by atoms with E-state index >= 15 is 0 Å². The van der Waals surface area contributed by atoms with E-state index < -0.39 is 11.9 Å². The van der Waals surface area contributed by atoms with Gasteiger partial charge in [-0.15, -0.1) is 0 Å². The maximum Gasteiger partial charge on any atom is 0.339 e. The predicted octanol–water partition coefficient (Wildman–Crippen LogP) is 4.52. The first-order chi connectivity index (χ1) is 12.7. The largest absolute Gasteiger partial charge is 0.478 e. The number of rotatable bonds is 5. The summed E-state index contributed by atoms with van der Waals surface area (Å²) in [5.74, 6) is -0.768. The van der Waals surface area contributed by atoms with E-state index in [9.17, 15) is 14.7 Å². The molecule has 0 unspecified atom stereocenters. The molecule has 0 atom stereocenters. The van der Waals surface area contributed by atoms with Gasteiger partial charge in [-0.05, 0) is 23.6 Å². The quantitative estimate of drug-likeness (QED) is 0.684. The number of anilines is 1. The number of oxazole rings is 1. The highest BCUT2D eigenvalue weighted by Crippen LogP contribution is 2.26. The molecular formula is C20H22N2O5. The minimum Gasteiger partial charge on any atom is -0.478 e. The Morgan fingerprint density at radius 3 is 2.52 bits per heavy atom. The molecule has 2 N–H and O–H groups in total. The number of nitrogens with one attached hydrogen (secondary N) is 1. The summed E-state index contributed by atoms with van der Waals surface area (Å²) in [6.07, 6.45) is 1.09. The van der Waals surface area contributed by atoms with Crippen LogP contribution in [0.1, 0.15) is 60.3 Å². The molecule has 2 heterocycles. The standard InChI is InChI=1S/C20H22N2O5/c1-5-14-12(19(24)25)9-16(26-14)18(23)21-11-6-7-15-13(8-11)22-17(27-15)10-20(2,3)4/h6-9H,5,10H2,1-4H3,(H,21,23)(H,24,25). The predicted molar refractivity (Wildman–Crippen MR) is 100 cm³/mol. The Kier molecular flexibility index (Phi) is 4.78. The third-order valence-electron chi connectivity index (χ3n) is 3.96. The van der Waals surface area contributed by atoms with Gasteiger partial charge >= 0.3 is 5.97 Å². The average molecular weight is 370 g/mol. The Morgan fingerprint density at radius 2 is 1.93 bits per heavy atom. The zero-order valence-electron chi connectivity index (χ0n) is 15.8. The molecule has 27 heavy (non-hydrogen) atoms. The number of hydrogen-bond acceptors (Lipinski definition) is 5. The first kappa shape index (κ1) is 18.7. The minimum atomic E-state index is -1.12. The maximum absolute atomic E-state index is 12.4. The van der Waals surface area contributed by atoms with Crippen LogP contribution in [0, 0.1) is 5.41 Å². The van der Waals surface area contributed by atoms with Crippen LogP contribution in [0.15, 0.2) is 33.1 Å². The third kappa shape index (κ3) is 4.19. The van der Waals surface area contributed by atoms with E-state index in [1.54, 1.807) is 25.1 Å². The lowest BCUT2D eigenvalue weighted by Crippen LogP contribution is -2.10. The van der Waals surface area contributed by atoms with Gasteiger partial charge in [0.2, 0.25) is 0 Å². The molecule has 3 aromatic rings. The summed E-state index contributed by atoms with van der Waals surface area (Å²) >= 11 is 0. The third-order valence-corrected chi connectivity index (χ3v) is 3.96. The van der Waals surface area contributed by atoms with Gasteiger partial charge in [0.15, 0.2) is 17.2 Å². The van der Waals surface area contributed by atoms with Crippen LogP contribution in [0.25, 0.3) is 11.1 Å². The van der Waals surface area contributed by atoms with Crippen molar-refractivity contribution < 1.29 is 23.5 Å². The molecular weight excluding hydrogens is 348 g/mol. The molecule has 142 valence electrons. The number of nitrogens with zero attached hydrogens (tertiary/aromatic N) is 1. The van der Waals surface area contributed by atoms with E-state index in [2.05, 4.69) is 31.1 Å². The summed E-state index contributed by atoms with van der Waals surface area (Å²) in [5, 5.41) is 11.9. The molecule has 7 nitrogen and oxygen atoms in total. The van der Waals surface area contributed by atoms with Gasteiger partial charge in [-0.1, -0.05) is 27.7 Å². The normalized spacial score (nSPS) is 11.7. The molecule has 0 aliphatic carbocycles. The van der Waals surface area contributed by atoms with E-state index in [4.69, 9.17) is 8.83 Å². The van der Waals surface area contributed by atoms with Gasteiger partial charge in [0.25, 0.3) is 5.91 Å². The molecule has 2 aromatic heterocycles. The van der Waals surface area contributed by atoms with Gasteiger partial charge in [0, 0.05) is 24.6 Å². The Morgan fingerprint density at radius 1 is 1.19 bits per heavy atom. The van der Waals surface area contributed by atoms with E-state index in [0.717, 1.165) is 0 Å². The monoisotopic (exact) mass is 370 g/mol. The van der Waals surface area contributed by atoms with Gasteiger partial charge in [-0.3, -0.25) is 4.79 Å². The van der Waals surface area contributed by atoms with Crippen LogP contribution in [0.3, 0.4) is 0 Å². The highest BCUT2D eigenvalue weighted by Gasteiger charge is 2.21. The first-order valence-corrected chi connectivity index (χ1v) is 8.73. The van der Waals surface area contributed by atoms with Crippen molar-refractivity contribution in [2.24, 2.45) is 5.41 Å². The molecule has 1 amide bonds. The number of benzene rings is 1. The minimum absolute atomic E-state index is 0.00132. The zero-order chi connectivity index (χ0) is 19.8. The van der Waals surface area contributed by atoms with Crippen LogP contribution in [-0.2, 0) is 12.8 Å². The number of carbonyl (C=O) groups is 2. The van der Waals surface area contributed by atoms with Crippen molar-refractivity contribution in [3.05, 3.63) is 47.2 Å². The second-order valence-corrected chi connectivity index (χ2v) is 7.59. The van der Waals surface area contributed by atoms with Crippen molar-refractivity contribution in [1.82, 2.24) is 4.98 Å². The van der Waals surface area contributed by atoms with Gasteiger partial charge < -0.3 is 19.3 Å². The molecule has 1 aromatic carbocycles. The van der Waals surface area contributed by atoms with Gasteiger partial charge in [0.05, 0.1) is 0 Å². The SMILES string of the molecule is CCc1oc(C(=O)Nc2ccc3oc(CC(C)(C)C)nc3c2)cc1C(=O)O. The van der Waals surface area contributed by atoms with Crippen molar-refractivity contribution in [1.29, 1.82) is 0 Å². The Labute approximate surface area is 156 Å². The number of carboxylic acids is 1. The van der Waals surface area contributed by atoms with Crippen molar-refractivity contribution in [2.75, 3.05) is 5.32 Å². The number of carboxylic acid groups (broad SMARTS) is 1. The smallest absolute Gasteiger partial charge is 0.339 e. The van der Waals surface area contributed by atoms with Crippen LogP contribution >= 0.6 is 0 Å². The van der Waals surface area contributed by atoms with E-state index in [1.807, 2.05) is 0 Å². The topological polar surface area (TPSA) is 106 Å². The number of aryl methyl sites for hydroxylation is 1. The summed E-state index contributed by atoms with van der Waals surface area (Å²) in [6, 6.07) is 6.40. The molecule has 0 aliphatic rings. The molecule has 0 fully saturated rings. The highest BCUT2D eigenvalue weighted by molar-refractivity contribution is 6.04. The van der Waals surface area contributed by atoms with Gasteiger partial charge in [0.1, 0.15) is 16.8 Å². The number of aromatic carboxylic acids is 1. The Bertz CT molecular complexity index is 1010. The lowest BCUT2D eigenvalue weighted by atomic mass is 9.92. The van der Waals surface area contributed by atoms with Crippen LogP contribution in [0.5, 0.6) is 0 Å². The number of aromatic nitrogens is 1. The lowest BCUT2D eigenvalue weighted by molar-refractivity contribution is 0.0694. The number of furan rings is 1. The lowest BCUT2D eigenvalue weighted by Gasteiger charge is -2.14. The van der Waals surface area contributed by atoms with Gasteiger partial charge in [-0.2, -0.15) is 0 Å². The molecule has 0 spiro atoms. The molecule has 7 heteroatoms. The van der Waals surface area contributed by atoms with Gasteiger partial charge in [-0.25, -0.2) is 9.78 Å². The fourth-order valence-corrected chi connectivity index (χ4v) is 2.76. The fourth-order valence-electron chi connectivity index (χ4n) is 2.76. The number of carbonyl (C=O) groups excluding carboxylic acids is 1. The van der Waals surface area contributed by atoms with E-state index in [0.29, 0.717) is 35.5 Å². The molecule has 3 rings (SSSR count). The molecule has 0 aliphatic heterocycles. The first-order valence-electron chi connectivity index (χ1n) is 8.73. The average Bonchev–Trinajstić information content (AvgIpc) is 3.15. The number of hydrogen-bond donors (Lipinski definition) is 2. The molecule has 0 saturated heterocycles. The van der Waals surface area contributed by atoms with Crippen molar-refractivity contribution >= 4 is 28.7 Å². The number of amides is 1. The Hall–Kier alpha value is -3.09. The van der Waals surface area contributed by atoms with E-state index in [-0.39, 0.29) is 22.5 Å². The van der Waals surface area contributed by atoms with E-state index in [1.165, 1.54) is 6.07 Å². The van der Waals surface area contributed by atoms with Crippen molar-refractivity contribution in [3.63, 3.8) is 0 Å². The second-order valence-electron chi connectivity index (χ2n) is 7.59. The summed E-state index contributed by atoms with van der Waals surface area (Å²) in [4.78, 5) is 28.1. The molecule has 0 bridgehead atoms. The van der Waals surface area contributed by atoms with Crippen LogP contribution in [0.4, 0.5) is 5.69 Å².